The summed E-state index contributed by atoms with van der Waals surface area (Å²) >= 11 is 6.28. The Hall–Kier alpha value is -0.570. The van der Waals surface area contributed by atoms with Gasteiger partial charge in [0.15, 0.2) is 0 Å². The Labute approximate surface area is 122 Å². The first-order valence-corrected chi connectivity index (χ1v) is 7.75. The number of hydrogen-bond acceptors (Lipinski definition) is 2. The van der Waals surface area contributed by atoms with E-state index in [2.05, 4.69) is 36.2 Å². The second-order valence-corrected chi connectivity index (χ2v) is 6.18. The van der Waals surface area contributed by atoms with Gasteiger partial charge in [-0.1, -0.05) is 50.1 Å². The van der Waals surface area contributed by atoms with Gasteiger partial charge in [-0.15, -0.1) is 0 Å². The predicted octanol–water partition coefficient (Wildman–Crippen LogP) is 3.69. The van der Waals surface area contributed by atoms with Gasteiger partial charge in [-0.2, -0.15) is 0 Å². The van der Waals surface area contributed by atoms with Gasteiger partial charge in [-0.25, -0.2) is 0 Å². The van der Waals surface area contributed by atoms with E-state index in [1.165, 1.54) is 31.4 Å². The zero-order valence-electron chi connectivity index (χ0n) is 12.0. The molecule has 1 aliphatic heterocycles. The summed E-state index contributed by atoms with van der Waals surface area (Å²) in [4.78, 5) is 2.58. The molecule has 2 rings (SSSR count). The van der Waals surface area contributed by atoms with E-state index in [1.54, 1.807) is 0 Å². The van der Waals surface area contributed by atoms with Gasteiger partial charge in [0.2, 0.25) is 0 Å². The van der Waals surface area contributed by atoms with Crippen LogP contribution in [0.25, 0.3) is 0 Å². The number of halogens is 1. The maximum atomic E-state index is 6.28. The summed E-state index contributed by atoms with van der Waals surface area (Å²) in [6.45, 7) is 7.67. The first kappa shape index (κ1) is 14.8. The standard InChI is InChI=1S/C16H25ClN2/c1-13(2)18-11-15-8-5-6-10-19(15)12-14-7-3-4-9-16(14)17/h3-4,7,9,13,15,18H,5-6,8,10-12H2,1-2H3. The first-order chi connectivity index (χ1) is 9.16. The molecular formula is C16H25ClN2. The molecule has 3 heteroatoms. The van der Waals surface area contributed by atoms with Gasteiger partial charge in [-0.3, -0.25) is 4.90 Å². The Morgan fingerprint density at radius 1 is 1.32 bits per heavy atom. The number of benzene rings is 1. The molecular weight excluding hydrogens is 256 g/mol. The number of nitrogens with zero attached hydrogens (tertiary/aromatic N) is 1. The fraction of sp³-hybridized carbons (Fsp3) is 0.625. The van der Waals surface area contributed by atoms with Gasteiger partial charge in [0.25, 0.3) is 0 Å². The Morgan fingerprint density at radius 3 is 2.84 bits per heavy atom. The van der Waals surface area contributed by atoms with E-state index >= 15 is 0 Å². The lowest BCUT2D eigenvalue weighted by Crippen LogP contribution is -2.46. The molecule has 106 valence electrons. The number of hydrogen-bond donors (Lipinski definition) is 1. The lowest BCUT2D eigenvalue weighted by Gasteiger charge is -2.36. The highest BCUT2D eigenvalue weighted by Crippen LogP contribution is 2.23. The minimum atomic E-state index is 0.559. The average Bonchev–Trinajstić information content (AvgIpc) is 2.40. The molecule has 1 fully saturated rings. The fourth-order valence-electron chi connectivity index (χ4n) is 2.72. The minimum absolute atomic E-state index is 0.559. The van der Waals surface area contributed by atoms with E-state index < -0.39 is 0 Å². The molecule has 1 unspecified atom stereocenters. The summed E-state index contributed by atoms with van der Waals surface area (Å²) in [7, 11) is 0. The van der Waals surface area contributed by atoms with Gasteiger partial charge in [0.05, 0.1) is 0 Å². The predicted molar refractivity (Wildman–Crippen MR) is 82.6 cm³/mol. The SMILES string of the molecule is CC(C)NCC1CCCCN1Cc1ccccc1Cl. The molecule has 1 atom stereocenters. The van der Waals surface area contributed by atoms with Crippen molar-refractivity contribution in [1.82, 2.24) is 10.2 Å². The summed E-state index contributed by atoms with van der Waals surface area (Å²) in [5.41, 5.74) is 1.25. The van der Waals surface area contributed by atoms with Crippen molar-refractivity contribution < 1.29 is 0 Å². The van der Waals surface area contributed by atoms with Gasteiger partial charge >= 0.3 is 0 Å². The van der Waals surface area contributed by atoms with Crippen molar-refractivity contribution in [3.63, 3.8) is 0 Å². The number of rotatable bonds is 5. The summed E-state index contributed by atoms with van der Waals surface area (Å²) in [6, 6.07) is 9.41. The molecule has 0 aliphatic carbocycles. The quantitative estimate of drug-likeness (QED) is 0.885. The summed E-state index contributed by atoms with van der Waals surface area (Å²) in [5, 5.41) is 4.46. The molecule has 0 saturated carbocycles. The van der Waals surface area contributed by atoms with Crippen LogP contribution in [-0.4, -0.2) is 30.1 Å². The van der Waals surface area contributed by atoms with Crippen LogP contribution in [0.2, 0.25) is 5.02 Å². The fourth-order valence-corrected chi connectivity index (χ4v) is 2.91. The van der Waals surface area contributed by atoms with Gasteiger partial charge in [-0.05, 0) is 31.0 Å². The molecule has 0 spiro atoms. The third-order valence-electron chi connectivity index (χ3n) is 3.84. The van der Waals surface area contributed by atoms with Gasteiger partial charge in [0.1, 0.15) is 0 Å². The van der Waals surface area contributed by atoms with Crippen molar-refractivity contribution in [1.29, 1.82) is 0 Å². The zero-order valence-corrected chi connectivity index (χ0v) is 12.8. The highest BCUT2D eigenvalue weighted by molar-refractivity contribution is 6.31. The number of piperidine rings is 1. The largest absolute Gasteiger partial charge is 0.313 e. The number of likely N-dealkylation sites (tertiary alicyclic amines) is 1. The molecule has 1 heterocycles. The van der Waals surface area contributed by atoms with Crippen molar-refractivity contribution >= 4 is 11.6 Å². The monoisotopic (exact) mass is 280 g/mol. The van der Waals surface area contributed by atoms with Crippen LogP contribution >= 0.6 is 11.6 Å². The first-order valence-electron chi connectivity index (χ1n) is 7.37. The lowest BCUT2D eigenvalue weighted by molar-refractivity contribution is 0.136. The highest BCUT2D eigenvalue weighted by atomic mass is 35.5. The van der Waals surface area contributed by atoms with Crippen molar-refractivity contribution in [3.05, 3.63) is 34.9 Å². The van der Waals surface area contributed by atoms with E-state index in [1.807, 2.05) is 12.1 Å². The molecule has 0 radical (unpaired) electrons. The Morgan fingerprint density at radius 2 is 2.11 bits per heavy atom. The average molecular weight is 281 g/mol. The van der Waals surface area contributed by atoms with Gasteiger partial charge in [0, 0.05) is 30.2 Å². The molecule has 0 aromatic heterocycles. The molecule has 1 aromatic carbocycles. The third-order valence-corrected chi connectivity index (χ3v) is 4.21. The maximum absolute atomic E-state index is 6.28. The van der Waals surface area contributed by atoms with Crippen molar-refractivity contribution in [2.24, 2.45) is 0 Å². The van der Waals surface area contributed by atoms with E-state index in [-0.39, 0.29) is 0 Å². The van der Waals surface area contributed by atoms with E-state index in [0.717, 1.165) is 18.1 Å². The van der Waals surface area contributed by atoms with E-state index in [4.69, 9.17) is 11.6 Å². The second kappa shape index (κ2) is 7.28. The molecule has 1 aromatic rings. The van der Waals surface area contributed by atoms with Crippen LogP contribution in [0.1, 0.15) is 38.7 Å². The molecule has 1 aliphatic rings. The van der Waals surface area contributed by atoms with Crippen LogP contribution in [0.3, 0.4) is 0 Å². The van der Waals surface area contributed by atoms with Gasteiger partial charge < -0.3 is 5.32 Å². The molecule has 1 N–H and O–H groups in total. The molecule has 0 bridgehead atoms. The molecule has 0 amide bonds. The Bertz CT molecular complexity index is 392. The molecule has 1 saturated heterocycles. The topological polar surface area (TPSA) is 15.3 Å². The van der Waals surface area contributed by atoms with Crippen molar-refractivity contribution in [3.8, 4) is 0 Å². The molecule has 19 heavy (non-hydrogen) atoms. The molecule has 2 nitrogen and oxygen atoms in total. The summed E-state index contributed by atoms with van der Waals surface area (Å²) in [5.74, 6) is 0. The summed E-state index contributed by atoms with van der Waals surface area (Å²) in [6.07, 6.45) is 3.95. The van der Waals surface area contributed by atoms with Crippen LogP contribution in [0.4, 0.5) is 0 Å². The van der Waals surface area contributed by atoms with E-state index in [0.29, 0.717) is 12.1 Å². The maximum Gasteiger partial charge on any atom is 0.0451 e. The minimum Gasteiger partial charge on any atom is -0.313 e. The van der Waals surface area contributed by atoms with Crippen LogP contribution in [0.15, 0.2) is 24.3 Å². The highest BCUT2D eigenvalue weighted by Gasteiger charge is 2.22. The summed E-state index contributed by atoms with van der Waals surface area (Å²) < 4.78 is 0. The van der Waals surface area contributed by atoms with E-state index in [9.17, 15) is 0 Å². The van der Waals surface area contributed by atoms with Crippen molar-refractivity contribution in [2.75, 3.05) is 13.1 Å². The zero-order chi connectivity index (χ0) is 13.7. The Balaban J connectivity index is 1.97. The van der Waals surface area contributed by atoms with Crippen LogP contribution in [-0.2, 0) is 6.54 Å². The lowest BCUT2D eigenvalue weighted by atomic mass is 10.0. The van der Waals surface area contributed by atoms with Crippen LogP contribution in [0, 0.1) is 0 Å². The third kappa shape index (κ3) is 4.48. The Kier molecular flexibility index (Phi) is 5.68. The van der Waals surface area contributed by atoms with Crippen LogP contribution < -0.4 is 5.32 Å². The second-order valence-electron chi connectivity index (χ2n) is 5.77. The van der Waals surface area contributed by atoms with Crippen molar-refractivity contribution in [2.45, 2.75) is 51.7 Å². The smallest absolute Gasteiger partial charge is 0.0451 e. The van der Waals surface area contributed by atoms with Crippen LogP contribution in [0.5, 0.6) is 0 Å². The normalized spacial score (nSPS) is 20.9. The number of nitrogens with one attached hydrogen (secondary N) is 1.